The molecule has 0 radical (unpaired) electrons. The number of amides is 1. The number of esters is 2. The second-order valence-electron chi connectivity index (χ2n) is 8.66. The zero-order valence-electron chi connectivity index (χ0n) is 19.7. The lowest BCUT2D eigenvalue weighted by Gasteiger charge is -2.24. The van der Waals surface area contributed by atoms with Gasteiger partial charge in [-0.05, 0) is 31.9 Å². The van der Waals surface area contributed by atoms with E-state index in [4.69, 9.17) is 19.5 Å². The van der Waals surface area contributed by atoms with Crippen molar-refractivity contribution < 1.29 is 28.6 Å². The van der Waals surface area contributed by atoms with Gasteiger partial charge in [-0.15, -0.1) is 0 Å². The molecule has 8 nitrogen and oxygen atoms in total. The maximum Gasteiger partial charge on any atom is 0.408 e. The number of benzene rings is 2. The summed E-state index contributed by atoms with van der Waals surface area (Å²) in [5.74, 6) is -1.37. The summed E-state index contributed by atoms with van der Waals surface area (Å²) < 4.78 is 15.9. The van der Waals surface area contributed by atoms with Crippen molar-refractivity contribution >= 4 is 18.0 Å². The number of nitriles is 1. The van der Waals surface area contributed by atoms with Crippen molar-refractivity contribution in [3.63, 3.8) is 0 Å². The van der Waals surface area contributed by atoms with Gasteiger partial charge in [0.1, 0.15) is 24.4 Å². The van der Waals surface area contributed by atoms with Gasteiger partial charge in [0.15, 0.2) is 0 Å². The molecule has 34 heavy (non-hydrogen) atoms. The summed E-state index contributed by atoms with van der Waals surface area (Å²) in [4.78, 5) is 37.5. The highest BCUT2D eigenvalue weighted by Crippen LogP contribution is 2.13. The lowest BCUT2D eigenvalue weighted by atomic mass is 10.1. The molecule has 8 heteroatoms. The van der Waals surface area contributed by atoms with Crippen LogP contribution in [0.1, 0.15) is 44.7 Å². The zero-order valence-corrected chi connectivity index (χ0v) is 19.7. The number of carbonyl (C=O) groups is 3. The molecule has 1 N–H and O–H groups in total. The van der Waals surface area contributed by atoms with Crippen LogP contribution in [0.15, 0.2) is 60.7 Å². The van der Waals surface area contributed by atoms with Crippen LogP contribution in [0, 0.1) is 11.3 Å². The Balaban J connectivity index is 2.03. The Morgan fingerprint density at radius 1 is 0.971 bits per heavy atom. The molecule has 0 saturated carbocycles. The minimum absolute atomic E-state index is 0.0731. The number of hydrogen-bond acceptors (Lipinski definition) is 7. The van der Waals surface area contributed by atoms with Crippen LogP contribution in [-0.2, 0) is 36.8 Å². The fourth-order valence-electron chi connectivity index (χ4n) is 2.98. The molecule has 0 unspecified atom stereocenters. The molecule has 0 aliphatic rings. The van der Waals surface area contributed by atoms with Crippen molar-refractivity contribution in [2.45, 2.75) is 64.4 Å². The van der Waals surface area contributed by atoms with Crippen LogP contribution in [0.4, 0.5) is 4.79 Å². The zero-order chi connectivity index (χ0) is 25.0. The molecule has 180 valence electrons. The lowest BCUT2D eigenvalue weighted by molar-refractivity contribution is -0.157. The van der Waals surface area contributed by atoms with Gasteiger partial charge in [-0.3, -0.25) is 4.79 Å². The van der Waals surface area contributed by atoms with Crippen molar-refractivity contribution in [3.05, 3.63) is 71.8 Å². The monoisotopic (exact) mass is 466 g/mol. The highest BCUT2D eigenvalue weighted by molar-refractivity contribution is 5.82. The summed E-state index contributed by atoms with van der Waals surface area (Å²) >= 11 is 0. The quantitative estimate of drug-likeness (QED) is 0.414. The molecule has 0 saturated heterocycles. The summed E-state index contributed by atoms with van der Waals surface area (Å²) in [6, 6.07) is 19.1. The summed E-state index contributed by atoms with van der Waals surface area (Å²) in [5.41, 5.74) is 0.853. The van der Waals surface area contributed by atoms with E-state index in [-0.39, 0.29) is 25.9 Å². The highest BCUT2D eigenvalue weighted by atomic mass is 16.6. The average Bonchev–Trinajstić information content (AvgIpc) is 2.77. The average molecular weight is 467 g/mol. The molecule has 0 spiro atoms. The van der Waals surface area contributed by atoms with E-state index in [0.717, 1.165) is 11.1 Å². The van der Waals surface area contributed by atoms with Crippen molar-refractivity contribution in [2.75, 3.05) is 0 Å². The normalized spacial score (nSPS) is 12.5. The topological polar surface area (TPSA) is 115 Å². The smallest absolute Gasteiger partial charge is 0.408 e. The van der Waals surface area contributed by atoms with Crippen LogP contribution >= 0.6 is 0 Å². The molecule has 0 fully saturated rings. The standard InChI is InChI=1S/C26H30N2O6/c1-26(2,3)34-25(31)28-22(16-19-10-6-4-7-11-19)24(30)33-21(14-15-27)17-23(29)32-18-20-12-8-5-9-13-20/h4-13,21-22H,14,16-18H2,1-3H3,(H,28,31)/t21-,22-/m1/s1. The highest BCUT2D eigenvalue weighted by Gasteiger charge is 2.29. The number of hydrogen-bond donors (Lipinski definition) is 1. The molecule has 2 aromatic rings. The maximum absolute atomic E-state index is 12.9. The van der Waals surface area contributed by atoms with E-state index in [2.05, 4.69) is 5.32 Å². The number of nitrogens with one attached hydrogen (secondary N) is 1. The van der Waals surface area contributed by atoms with Gasteiger partial charge < -0.3 is 19.5 Å². The van der Waals surface area contributed by atoms with Crippen molar-refractivity contribution in [3.8, 4) is 6.07 Å². The Kier molecular flexibility index (Phi) is 10.1. The van der Waals surface area contributed by atoms with E-state index >= 15 is 0 Å². The Morgan fingerprint density at radius 2 is 1.56 bits per heavy atom. The molecule has 0 aliphatic heterocycles. The minimum Gasteiger partial charge on any atom is -0.461 e. The van der Waals surface area contributed by atoms with Crippen LogP contribution in [0.3, 0.4) is 0 Å². The number of rotatable bonds is 10. The van der Waals surface area contributed by atoms with E-state index in [1.54, 1.807) is 20.8 Å². The second-order valence-corrected chi connectivity index (χ2v) is 8.66. The number of carbonyl (C=O) groups excluding carboxylic acids is 3. The molecule has 0 bridgehead atoms. The van der Waals surface area contributed by atoms with Gasteiger partial charge in [0.2, 0.25) is 0 Å². The first-order valence-corrected chi connectivity index (χ1v) is 11.0. The van der Waals surface area contributed by atoms with Crippen LogP contribution < -0.4 is 5.32 Å². The van der Waals surface area contributed by atoms with E-state index in [1.165, 1.54) is 0 Å². The van der Waals surface area contributed by atoms with Crippen molar-refractivity contribution in [1.29, 1.82) is 5.26 Å². The third-order valence-corrected chi connectivity index (χ3v) is 4.50. The SMILES string of the molecule is CC(C)(C)OC(=O)N[C@H](Cc1ccccc1)C(=O)O[C@H](CC#N)CC(=O)OCc1ccccc1. The first-order valence-electron chi connectivity index (χ1n) is 11.0. The molecule has 0 aromatic heterocycles. The van der Waals surface area contributed by atoms with Crippen molar-refractivity contribution in [2.24, 2.45) is 0 Å². The number of nitrogens with zero attached hydrogens (tertiary/aromatic N) is 1. The van der Waals surface area contributed by atoms with E-state index in [0.29, 0.717) is 0 Å². The fraction of sp³-hybridized carbons (Fsp3) is 0.385. The predicted octanol–water partition coefficient (Wildman–Crippen LogP) is 4.08. The van der Waals surface area contributed by atoms with Gasteiger partial charge in [0.05, 0.1) is 18.9 Å². The Hall–Kier alpha value is -3.86. The Morgan fingerprint density at radius 3 is 2.12 bits per heavy atom. The molecule has 0 heterocycles. The first-order chi connectivity index (χ1) is 16.2. The van der Waals surface area contributed by atoms with Gasteiger partial charge in [-0.1, -0.05) is 60.7 Å². The first kappa shape index (κ1) is 26.4. The minimum atomic E-state index is -1.07. The van der Waals surface area contributed by atoms with E-state index in [9.17, 15) is 14.4 Å². The lowest BCUT2D eigenvalue weighted by Crippen LogP contribution is -2.46. The number of ether oxygens (including phenoxy) is 3. The molecule has 2 rings (SSSR count). The largest absolute Gasteiger partial charge is 0.461 e. The molecule has 0 aliphatic carbocycles. The van der Waals surface area contributed by atoms with E-state index in [1.807, 2.05) is 66.7 Å². The Bertz CT molecular complexity index is 980. The third kappa shape index (κ3) is 10.2. The summed E-state index contributed by atoms with van der Waals surface area (Å²) in [6.07, 6.45) is -2.12. The summed E-state index contributed by atoms with van der Waals surface area (Å²) in [7, 11) is 0. The Labute approximate surface area is 199 Å². The van der Waals surface area contributed by atoms with Crippen LogP contribution in [-0.4, -0.2) is 35.8 Å². The molecule has 1 amide bonds. The number of alkyl carbamates (subject to hydrolysis) is 1. The van der Waals surface area contributed by atoms with Gasteiger partial charge >= 0.3 is 18.0 Å². The van der Waals surface area contributed by atoms with Gasteiger partial charge in [-0.2, -0.15) is 5.26 Å². The van der Waals surface area contributed by atoms with Crippen LogP contribution in [0.2, 0.25) is 0 Å². The van der Waals surface area contributed by atoms with Gasteiger partial charge in [-0.25, -0.2) is 9.59 Å². The second kappa shape index (κ2) is 13.0. The summed E-state index contributed by atoms with van der Waals surface area (Å²) in [5, 5.41) is 11.7. The van der Waals surface area contributed by atoms with Crippen LogP contribution in [0.25, 0.3) is 0 Å². The van der Waals surface area contributed by atoms with Gasteiger partial charge in [0.25, 0.3) is 0 Å². The van der Waals surface area contributed by atoms with E-state index < -0.39 is 35.8 Å². The van der Waals surface area contributed by atoms with Crippen LogP contribution in [0.5, 0.6) is 0 Å². The summed E-state index contributed by atoms with van der Waals surface area (Å²) in [6.45, 7) is 5.20. The fourth-order valence-corrected chi connectivity index (χ4v) is 2.98. The maximum atomic E-state index is 12.9. The third-order valence-electron chi connectivity index (χ3n) is 4.50. The molecular weight excluding hydrogens is 436 g/mol. The van der Waals surface area contributed by atoms with Gasteiger partial charge in [0, 0.05) is 6.42 Å². The molecule has 2 aromatic carbocycles. The predicted molar refractivity (Wildman–Crippen MR) is 124 cm³/mol. The molecular formula is C26H30N2O6. The molecule has 2 atom stereocenters. The van der Waals surface area contributed by atoms with Crippen molar-refractivity contribution in [1.82, 2.24) is 5.32 Å².